The molecule has 1 heterocycles. The molecule has 0 bridgehead atoms. The molecule has 144 valence electrons. The third-order valence-corrected chi connectivity index (χ3v) is 5.57. The Hall–Kier alpha value is -2.95. The summed E-state index contributed by atoms with van der Waals surface area (Å²) in [7, 11) is 0. The number of nitrogens with zero attached hydrogens (tertiary/aromatic N) is 2. The van der Waals surface area contributed by atoms with Crippen LogP contribution in [0.5, 0.6) is 0 Å². The Labute approximate surface area is 165 Å². The van der Waals surface area contributed by atoms with Crippen molar-refractivity contribution in [2.75, 3.05) is 13.1 Å². The van der Waals surface area contributed by atoms with Crippen molar-refractivity contribution in [2.24, 2.45) is 5.10 Å². The molecule has 0 spiro atoms. The highest BCUT2D eigenvalue weighted by molar-refractivity contribution is 6.00. The van der Waals surface area contributed by atoms with Gasteiger partial charge in [-0.25, -0.2) is 5.43 Å². The lowest BCUT2D eigenvalue weighted by atomic mass is 10.0. The van der Waals surface area contributed by atoms with Gasteiger partial charge in [0.15, 0.2) is 0 Å². The first-order chi connectivity index (χ1) is 13.6. The van der Waals surface area contributed by atoms with Crippen molar-refractivity contribution in [1.82, 2.24) is 10.3 Å². The van der Waals surface area contributed by atoms with Crippen LogP contribution in [0.25, 0.3) is 11.1 Å². The molecule has 2 aliphatic rings. The lowest BCUT2D eigenvalue weighted by Gasteiger charge is -2.19. The fourth-order valence-corrected chi connectivity index (χ4v) is 4.00. The van der Waals surface area contributed by atoms with E-state index in [1.807, 2.05) is 13.0 Å². The van der Waals surface area contributed by atoms with Crippen molar-refractivity contribution in [1.29, 1.82) is 0 Å². The van der Waals surface area contributed by atoms with Crippen LogP contribution >= 0.6 is 0 Å². The van der Waals surface area contributed by atoms with E-state index in [4.69, 9.17) is 0 Å². The lowest BCUT2D eigenvalue weighted by molar-refractivity contribution is -0.135. The molecule has 2 amide bonds. The minimum atomic E-state index is -0.247. The van der Waals surface area contributed by atoms with Crippen LogP contribution in [0.1, 0.15) is 49.3 Å². The molecule has 4 rings (SSSR count). The first-order valence-corrected chi connectivity index (χ1v) is 9.94. The summed E-state index contributed by atoms with van der Waals surface area (Å²) in [5, 5.41) is 4.26. The third kappa shape index (κ3) is 3.84. The number of rotatable bonds is 4. The average molecular weight is 375 g/mol. The van der Waals surface area contributed by atoms with E-state index in [9.17, 15) is 9.59 Å². The number of likely N-dealkylation sites (tertiary alicyclic amines) is 1. The Kier molecular flexibility index (Phi) is 5.24. The van der Waals surface area contributed by atoms with Crippen LogP contribution in [0.3, 0.4) is 0 Å². The largest absolute Gasteiger partial charge is 0.333 e. The van der Waals surface area contributed by atoms with Crippen molar-refractivity contribution in [3.05, 3.63) is 59.2 Å². The van der Waals surface area contributed by atoms with Gasteiger partial charge in [-0.15, -0.1) is 0 Å². The van der Waals surface area contributed by atoms with E-state index in [1.54, 1.807) is 4.90 Å². The molecule has 5 heteroatoms. The van der Waals surface area contributed by atoms with Crippen molar-refractivity contribution in [3.63, 3.8) is 0 Å². The maximum absolute atomic E-state index is 12.2. The molecular formula is C23H25N3O2. The average Bonchev–Trinajstić information content (AvgIpc) is 2.96. The summed E-state index contributed by atoms with van der Waals surface area (Å²) in [5.41, 5.74) is 9.57. The molecule has 0 aromatic heterocycles. The summed E-state index contributed by atoms with van der Waals surface area (Å²) in [6, 6.07) is 14.8. The van der Waals surface area contributed by atoms with Gasteiger partial charge in [-0.05, 0) is 60.1 Å². The number of hydrogen-bond acceptors (Lipinski definition) is 3. The van der Waals surface area contributed by atoms with Gasteiger partial charge >= 0.3 is 0 Å². The number of carbonyl (C=O) groups excluding carboxylic acids is 2. The first-order valence-electron chi connectivity index (χ1n) is 9.94. The van der Waals surface area contributed by atoms with Crippen LogP contribution in [0.4, 0.5) is 0 Å². The number of hydrogen-bond donors (Lipinski definition) is 1. The maximum atomic E-state index is 12.2. The van der Waals surface area contributed by atoms with E-state index >= 15 is 0 Å². The standard InChI is InChI=1S/C23H25N3O2/c1-16(24-25-22(27)15-26-12-6-2-3-9-23(26)28)17-10-11-21-19(13-17)14-18-7-4-5-8-20(18)21/h4-5,7-8,10-11,13H,2-3,6,9,12,14-15H2,1H3,(H,25,27)/b24-16-. The summed E-state index contributed by atoms with van der Waals surface area (Å²) in [4.78, 5) is 25.9. The van der Waals surface area contributed by atoms with Gasteiger partial charge in [0.1, 0.15) is 6.54 Å². The van der Waals surface area contributed by atoms with E-state index in [1.165, 1.54) is 22.3 Å². The van der Waals surface area contributed by atoms with Crippen molar-refractivity contribution in [3.8, 4) is 11.1 Å². The number of amides is 2. The summed E-state index contributed by atoms with van der Waals surface area (Å²) in [6.45, 7) is 2.62. The summed E-state index contributed by atoms with van der Waals surface area (Å²) in [5.74, 6) is -0.185. The Bertz CT molecular complexity index is 949. The zero-order valence-corrected chi connectivity index (χ0v) is 16.2. The molecule has 5 nitrogen and oxygen atoms in total. The van der Waals surface area contributed by atoms with Crippen molar-refractivity contribution < 1.29 is 9.59 Å². The quantitative estimate of drug-likeness (QED) is 0.560. The molecule has 1 aliphatic heterocycles. The molecule has 0 saturated carbocycles. The van der Waals surface area contributed by atoms with Crippen LogP contribution in [0.15, 0.2) is 47.6 Å². The molecule has 1 saturated heterocycles. The second kappa shape index (κ2) is 7.97. The highest BCUT2D eigenvalue weighted by atomic mass is 16.2. The van der Waals surface area contributed by atoms with Gasteiger partial charge in [0, 0.05) is 13.0 Å². The summed E-state index contributed by atoms with van der Waals surface area (Å²) < 4.78 is 0. The second-order valence-electron chi connectivity index (χ2n) is 7.56. The van der Waals surface area contributed by atoms with Crippen LogP contribution in [0, 0.1) is 0 Å². The minimum Gasteiger partial charge on any atom is -0.333 e. The monoisotopic (exact) mass is 375 g/mol. The van der Waals surface area contributed by atoms with E-state index in [-0.39, 0.29) is 18.4 Å². The lowest BCUT2D eigenvalue weighted by Crippen LogP contribution is -2.39. The van der Waals surface area contributed by atoms with Crippen LogP contribution < -0.4 is 5.43 Å². The summed E-state index contributed by atoms with van der Waals surface area (Å²) >= 11 is 0. The first kappa shape index (κ1) is 18.4. The van der Waals surface area contributed by atoms with Gasteiger partial charge in [-0.3, -0.25) is 9.59 Å². The smallest absolute Gasteiger partial charge is 0.259 e. The zero-order valence-electron chi connectivity index (χ0n) is 16.2. The fraction of sp³-hybridized carbons (Fsp3) is 0.348. The van der Waals surface area contributed by atoms with Gasteiger partial charge < -0.3 is 4.90 Å². The summed E-state index contributed by atoms with van der Waals surface area (Å²) in [6.07, 6.45) is 4.38. The van der Waals surface area contributed by atoms with E-state index in [0.717, 1.165) is 37.0 Å². The fourth-order valence-electron chi connectivity index (χ4n) is 4.00. The van der Waals surface area contributed by atoms with Crippen molar-refractivity contribution in [2.45, 2.75) is 39.0 Å². The predicted octanol–water partition coefficient (Wildman–Crippen LogP) is 3.50. The van der Waals surface area contributed by atoms with Crippen LogP contribution in [-0.4, -0.2) is 35.5 Å². The number of nitrogens with one attached hydrogen (secondary N) is 1. The van der Waals surface area contributed by atoms with E-state index < -0.39 is 0 Å². The molecule has 1 N–H and O–H groups in total. The number of carbonyl (C=O) groups is 2. The Morgan fingerprint density at radius 2 is 1.89 bits per heavy atom. The van der Waals surface area contributed by atoms with E-state index in [2.05, 4.69) is 46.9 Å². The Morgan fingerprint density at radius 1 is 1.07 bits per heavy atom. The molecule has 28 heavy (non-hydrogen) atoms. The normalized spacial score (nSPS) is 16.4. The molecule has 0 radical (unpaired) electrons. The van der Waals surface area contributed by atoms with Crippen LogP contribution in [-0.2, 0) is 16.0 Å². The number of fused-ring (bicyclic) bond motifs is 3. The number of hydrazone groups is 1. The third-order valence-electron chi connectivity index (χ3n) is 5.57. The Morgan fingerprint density at radius 3 is 2.79 bits per heavy atom. The molecular weight excluding hydrogens is 350 g/mol. The SMILES string of the molecule is C/C(=N/NC(=O)CN1CCCCCC1=O)c1ccc2c(c1)Cc1ccccc1-2. The molecule has 2 aromatic carbocycles. The molecule has 1 aliphatic carbocycles. The van der Waals surface area contributed by atoms with Gasteiger partial charge in [0.25, 0.3) is 5.91 Å². The zero-order chi connectivity index (χ0) is 19.5. The van der Waals surface area contributed by atoms with Gasteiger partial charge in [-0.2, -0.15) is 5.10 Å². The number of benzene rings is 2. The minimum absolute atomic E-state index is 0.0616. The molecule has 1 fully saturated rings. The van der Waals surface area contributed by atoms with Gasteiger partial charge in [-0.1, -0.05) is 42.8 Å². The molecule has 0 unspecified atom stereocenters. The van der Waals surface area contributed by atoms with Gasteiger partial charge in [0.2, 0.25) is 5.91 Å². The maximum Gasteiger partial charge on any atom is 0.259 e. The highest BCUT2D eigenvalue weighted by Gasteiger charge is 2.20. The molecule has 2 aromatic rings. The highest BCUT2D eigenvalue weighted by Crippen LogP contribution is 2.36. The second-order valence-corrected chi connectivity index (χ2v) is 7.56. The predicted molar refractivity (Wildman–Crippen MR) is 110 cm³/mol. The van der Waals surface area contributed by atoms with Crippen LogP contribution in [0.2, 0.25) is 0 Å². The van der Waals surface area contributed by atoms with E-state index in [0.29, 0.717) is 13.0 Å². The van der Waals surface area contributed by atoms with Crippen molar-refractivity contribution >= 4 is 17.5 Å². The van der Waals surface area contributed by atoms with Gasteiger partial charge in [0.05, 0.1) is 5.71 Å². The molecule has 0 atom stereocenters. The Balaban J connectivity index is 1.41. The topological polar surface area (TPSA) is 61.8 Å².